The summed E-state index contributed by atoms with van der Waals surface area (Å²) in [7, 11) is 0. The molecular weight excluding hydrogens is 462 g/mol. The number of aliphatic hydroxyl groups is 1. The van der Waals surface area contributed by atoms with E-state index >= 15 is 0 Å². The Hall–Kier alpha value is -3.90. The van der Waals surface area contributed by atoms with E-state index in [2.05, 4.69) is 49.2 Å². The van der Waals surface area contributed by atoms with Gasteiger partial charge in [-0.2, -0.15) is 0 Å². The number of carbonyl (C=O) groups excluding carboxylic acids is 2. The molecule has 2 aliphatic rings. The number of rotatable bonds is 5. The molecule has 3 heterocycles. The predicted octanol–water partition coefficient (Wildman–Crippen LogP) is 4.71. The zero-order valence-corrected chi connectivity index (χ0v) is 21.1. The number of carbonyl (C=O) groups is 2. The van der Waals surface area contributed by atoms with Crippen molar-refractivity contribution in [1.29, 1.82) is 0 Å². The molecule has 188 valence electrons. The number of hydrogen-bond acceptors (Lipinski definition) is 3. The number of nitrogens with one attached hydrogen (secondary N) is 1. The van der Waals surface area contributed by atoms with Crippen molar-refractivity contribution in [1.82, 2.24) is 14.8 Å². The average Bonchev–Trinajstić information content (AvgIpc) is 3.29. The van der Waals surface area contributed by atoms with Crippen molar-refractivity contribution in [3.05, 3.63) is 107 Å². The summed E-state index contributed by atoms with van der Waals surface area (Å²) in [5.41, 5.74) is 6.02. The highest BCUT2D eigenvalue weighted by Crippen LogP contribution is 2.42. The van der Waals surface area contributed by atoms with Gasteiger partial charge < -0.3 is 19.9 Å². The van der Waals surface area contributed by atoms with Gasteiger partial charge in [-0.1, -0.05) is 86.6 Å². The van der Waals surface area contributed by atoms with Crippen LogP contribution in [0.5, 0.6) is 0 Å². The van der Waals surface area contributed by atoms with Gasteiger partial charge in [-0.3, -0.25) is 9.59 Å². The van der Waals surface area contributed by atoms with Crippen molar-refractivity contribution in [2.45, 2.75) is 44.4 Å². The molecule has 6 rings (SSSR count). The van der Waals surface area contributed by atoms with Gasteiger partial charge >= 0.3 is 0 Å². The number of aromatic nitrogens is 1. The third kappa shape index (κ3) is 4.02. The van der Waals surface area contributed by atoms with Crippen molar-refractivity contribution in [3.63, 3.8) is 0 Å². The maximum atomic E-state index is 13.9. The van der Waals surface area contributed by atoms with E-state index < -0.39 is 12.1 Å². The van der Waals surface area contributed by atoms with Gasteiger partial charge in [0.15, 0.2) is 0 Å². The highest BCUT2D eigenvalue weighted by molar-refractivity contribution is 5.97. The summed E-state index contributed by atoms with van der Waals surface area (Å²) in [6.45, 7) is 4.36. The normalized spacial score (nSPS) is 20.3. The van der Waals surface area contributed by atoms with Crippen molar-refractivity contribution in [3.8, 4) is 0 Å². The summed E-state index contributed by atoms with van der Waals surface area (Å²) in [4.78, 5) is 34.5. The van der Waals surface area contributed by atoms with Gasteiger partial charge in [0, 0.05) is 23.0 Å². The Morgan fingerprint density at radius 1 is 0.919 bits per heavy atom. The number of H-pyrrole nitrogens is 1. The molecule has 1 aromatic heterocycles. The van der Waals surface area contributed by atoms with Crippen LogP contribution in [0, 0.1) is 0 Å². The van der Waals surface area contributed by atoms with Crippen LogP contribution < -0.4 is 0 Å². The predicted molar refractivity (Wildman–Crippen MR) is 143 cm³/mol. The second-order valence-corrected chi connectivity index (χ2v) is 10.5. The quantitative estimate of drug-likeness (QED) is 0.423. The van der Waals surface area contributed by atoms with Crippen LogP contribution >= 0.6 is 0 Å². The van der Waals surface area contributed by atoms with Crippen LogP contribution in [0.2, 0.25) is 0 Å². The number of amides is 2. The molecule has 2 N–H and O–H groups in total. The summed E-state index contributed by atoms with van der Waals surface area (Å²) >= 11 is 0. The molecular formula is C31H31N3O3. The number of β-amino-alcohol motifs (C(OH)–C–C–N with tert-alkyl or cyclic N) is 1. The molecule has 37 heavy (non-hydrogen) atoms. The Morgan fingerprint density at radius 2 is 1.62 bits per heavy atom. The lowest BCUT2D eigenvalue weighted by Crippen LogP contribution is -2.63. The standard InChI is InChI=1S/C31H31N3O3/c1-19(2)20-12-14-22(15-13-20)30-29-24(23-10-6-7-11-25(23)32-29)16-26-31(37)33(18-28(36)34(26)30)17-27(35)21-8-4-3-5-9-21/h3-15,19,26-27,30,32,35H,16-18H2,1-2H3. The first-order valence-electron chi connectivity index (χ1n) is 12.9. The largest absolute Gasteiger partial charge is 0.387 e. The van der Waals surface area contributed by atoms with Crippen molar-refractivity contribution in [2.24, 2.45) is 0 Å². The van der Waals surface area contributed by atoms with Crippen molar-refractivity contribution < 1.29 is 14.7 Å². The van der Waals surface area contributed by atoms with Gasteiger partial charge in [0.25, 0.3) is 0 Å². The van der Waals surface area contributed by atoms with E-state index in [1.165, 1.54) is 10.5 Å². The minimum Gasteiger partial charge on any atom is -0.387 e. The molecule has 3 unspecified atom stereocenters. The lowest BCUT2D eigenvalue weighted by molar-refractivity contribution is -0.159. The summed E-state index contributed by atoms with van der Waals surface area (Å²) in [6.07, 6.45) is -0.404. The number of nitrogens with zero attached hydrogens (tertiary/aromatic N) is 2. The van der Waals surface area contributed by atoms with E-state index in [1.807, 2.05) is 48.5 Å². The zero-order chi connectivity index (χ0) is 25.7. The molecule has 0 spiro atoms. The van der Waals surface area contributed by atoms with Gasteiger partial charge in [0.2, 0.25) is 11.8 Å². The third-order valence-corrected chi connectivity index (χ3v) is 7.84. The molecule has 0 saturated carbocycles. The number of fused-ring (bicyclic) bond motifs is 4. The molecule has 6 nitrogen and oxygen atoms in total. The SMILES string of the molecule is CC(C)c1ccc(C2c3[nH]c4ccccc4c3CC3C(=O)N(CC(O)c4ccccc4)CC(=O)N32)cc1. The molecule has 4 aromatic rings. The average molecular weight is 494 g/mol. The van der Waals surface area contributed by atoms with E-state index in [4.69, 9.17) is 0 Å². The van der Waals surface area contributed by atoms with E-state index in [0.717, 1.165) is 33.3 Å². The number of para-hydroxylation sites is 1. The van der Waals surface area contributed by atoms with Gasteiger partial charge in [0.05, 0.1) is 25.2 Å². The smallest absolute Gasteiger partial charge is 0.246 e. The number of hydrogen-bond donors (Lipinski definition) is 2. The van der Waals surface area contributed by atoms with Crippen LogP contribution in [0.3, 0.4) is 0 Å². The van der Waals surface area contributed by atoms with Gasteiger partial charge in [-0.25, -0.2) is 0 Å². The van der Waals surface area contributed by atoms with E-state index in [-0.39, 0.29) is 30.9 Å². The van der Waals surface area contributed by atoms with Crippen LogP contribution in [0.4, 0.5) is 0 Å². The third-order valence-electron chi connectivity index (χ3n) is 7.84. The Balaban J connectivity index is 1.40. The summed E-state index contributed by atoms with van der Waals surface area (Å²) < 4.78 is 0. The maximum absolute atomic E-state index is 13.9. The Morgan fingerprint density at radius 3 is 2.35 bits per heavy atom. The van der Waals surface area contributed by atoms with Crippen LogP contribution in [0.15, 0.2) is 78.9 Å². The zero-order valence-electron chi connectivity index (χ0n) is 21.1. The number of piperazine rings is 1. The van der Waals surface area contributed by atoms with Crippen LogP contribution in [0.25, 0.3) is 10.9 Å². The minimum atomic E-state index is -0.851. The molecule has 3 aromatic carbocycles. The lowest BCUT2D eigenvalue weighted by Gasteiger charge is -2.47. The lowest BCUT2D eigenvalue weighted by atomic mass is 9.85. The second kappa shape index (κ2) is 9.20. The van der Waals surface area contributed by atoms with E-state index in [1.54, 1.807) is 4.90 Å². The van der Waals surface area contributed by atoms with E-state index in [9.17, 15) is 14.7 Å². The minimum absolute atomic E-state index is 0.0463. The summed E-state index contributed by atoms with van der Waals surface area (Å²) in [5.74, 6) is 0.181. The summed E-state index contributed by atoms with van der Waals surface area (Å²) in [5, 5.41) is 11.9. The molecule has 0 aliphatic carbocycles. The molecule has 0 radical (unpaired) electrons. The number of benzene rings is 3. The van der Waals surface area contributed by atoms with E-state index in [0.29, 0.717) is 12.3 Å². The Kier molecular flexibility index (Phi) is 5.84. The van der Waals surface area contributed by atoms with Gasteiger partial charge in [0.1, 0.15) is 6.04 Å². The number of aromatic amines is 1. The first kappa shape index (κ1) is 23.5. The van der Waals surface area contributed by atoms with Gasteiger partial charge in [-0.15, -0.1) is 0 Å². The fourth-order valence-corrected chi connectivity index (χ4v) is 5.88. The highest BCUT2D eigenvalue weighted by Gasteiger charge is 2.48. The molecule has 2 aliphatic heterocycles. The first-order chi connectivity index (χ1) is 17.9. The van der Waals surface area contributed by atoms with Crippen molar-refractivity contribution in [2.75, 3.05) is 13.1 Å². The van der Waals surface area contributed by atoms with Crippen LogP contribution in [-0.4, -0.2) is 50.8 Å². The second-order valence-electron chi connectivity index (χ2n) is 10.5. The monoisotopic (exact) mass is 493 g/mol. The highest BCUT2D eigenvalue weighted by atomic mass is 16.3. The summed E-state index contributed by atoms with van der Waals surface area (Å²) in [6, 6.07) is 24.8. The van der Waals surface area contributed by atoms with Gasteiger partial charge in [-0.05, 0) is 34.2 Å². The molecule has 0 bridgehead atoms. The molecule has 6 heteroatoms. The Bertz CT molecular complexity index is 1460. The fraction of sp³-hybridized carbons (Fsp3) is 0.290. The molecule has 1 saturated heterocycles. The van der Waals surface area contributed by atoms with Crippen LogP contribution in [-0.2, 0) is 16.0 Å². The number of aliphatic hydroxyl groups excluding tert-OH is 1. The Labute approximate surface area is 216 Å². The molecule has 1 fully saturated rings. The molecule has 2 amide bonds. The first-order valence-corrected chi connectivity index (χ1v) is 12.9. The maximum Gasteiger partial charge on any atom is 0.246 e. The molecule has 3 atom stereocenters. The van der Waals surface area contributed by atoms with Crippen molar-refractivity contribution >= 4 is 22.7 Å². The van der Waals surface area contributed by atoms with Crippen LogP contribution in [0.1, 0.15) is 59.9 Å². The fourth-order valence-electron chi connectivity index (χ4n) is 5.88. The topological polar surface area (TPSA) is 76.6 Å².